The largest absolute Gasteiger partial charge is 0.227 e. The van der Waals surface area contributed by atoms with E-state index >= 15 is 0 Å². The average molecular weight is 325 g/mol. The van der Waals surface area contributed by atoms with Crippen molar-refractivity contribution < 1.29 is 8.42 Å². The van der Waals surface area contributed by atoms with E-state index in [1.807, 2.05) is 17.5 Å². The van der Waals surface area contributed by atoms with Crippen molar-refractivity contribution in [3.8, 4) is 10.7 Å². The van der Waals surface area contributed by atoms with Crippen molar-refractivity contribution in [2.75, 3.05) is 6.26 Å². The van der Waals surface area contributed by atoms with E-state index in [1.54, 1.807) is 6.07 Å². The quantitative estimate of drug-likeness (QED) is 0.678. The Kier molecular flexibility index (Phi) is 3.24. The average Bonchev–Trinajstić information content (AvgIpc) is 2.91. The van der Waals surface area contributed by atoms with Gasteiger partial charge in [-0.2, -0.15) is 0 Å². The molecule has 0 saturated heterocycles. The third-order valence-electron chi connectivity index (χ3n) is 2.79. The number of fused-ring (bicyclic) bond motifs is 1. The Morgan fingerprint density at radius 3 is 2.65 bits per heavy atom. The summed E-state index contributed by atoms with van der Waals surface area (Å²) >= 11 is 7.68. The highest BCUT2D eigenvalue weighted by Crippen LogP contribution is 2.28. The molecule has 4 nitrogen and oxygen atoms in total. The van der Waals surface area contributed by atoms with Gasteiger partial charge in [0.05, 0.1) is 15.3 Å². The number of halogens is 1. The van der Waals surface area contributed by atoms with Crippen LogP contribution in [0.1, 0.15) is 0 Å². The Morgan fingerprint density at radius 2 is 2.00 bits per heavy atom. The number of hydrogen-bond acceptors (Lipinski definition) is 5. The zero-order valence-corrected chi connectivity index (χ0v) is 12.8. The molecule has 0 N–H and O–H groups in total. The van der Waals surface area contributed by atoms with Crippen molar-refractivity contribution in [3.63, 3.8) is 0 Å². The third-order valence-corrected chi connectivity index (χ3v) is 5.05. The smallest absolute Gasteiger partial charge is 0.175 e. The predicted molar refractivity (Wildman–Crippen MR) is 81.0 cm³/mol. The van der Waals surface area contributed by atoms with Crippen LogP contribution >= 0.6 is 22.9 Å². The fourth-order valence-corrected chi connectivity index (χ4v) is 3.35. The number of sulfone groups is 1. The summed E-state index contributed by atoms with van der Waals surface area (Å²) in [6, 6.07) is 8.50. The van der Waals surface area contributed by atoms with Crippen LogP contribution in [0.2, 0.25) is 5.15 Å². The summed E-state index contributed by atoms with van der Waals surface area (Å²) in [6.45, 7) is 0. The van der Waals surface area contributed by atoms with E-state index < -0.39 is 9.84 Å². The van der Waals surface area contributed by atoms with Crippen LogP contribution in [-0.4, -0.2) is 24.6 Å². The Bertz CT molecular complexity index is 890. The number of benzene rings is 1. The number of rotatable bonds is 2. The first-order valence-electron chi connectivity index (χ1n) is 5.66. The summed E-state index contributed by atoms with van der Waals surface area (Å²) < 4.78 is 23.1. The molecular weight excluding hydrogens is 316 g/mol. The van der Waals surface area contributed by atoms with Crippen LogP contribution in [0, 0.1) is 0 Å². The first-order valence-corrected chi connectivity index (χ1v) is 8.81. The van der Waals surface area contributed by atoms with Gasteiger partial charge >= 0.3 is 0 Å². The van der Waals surface area contributed by atoms with Gasteiger partial charge in [0, 0.05) is 11.6 Å². The van der Waals surface area contributed by atoms with Crippen LogP contribution < -0.4 is 0 Å². The zero-order valence-electron chi connectivity index (χ0n) is 10.4. The van der Waals surface area contributed by atoms with Crippen LogP contribution in [0.5, 0.6) is 0 Å². The molecule has 0 aliphatic carbocycles. The fraction of sp³-hybridized carbons (Fsp3) is 0.0769. The minimum Gasteiger partial charge on any atom is -0.227 e. The van der Waals surface area contributed by atoms with Crippen LogP contribution in [-0.2, 0) is 9.84 Å². The monoisotopic (exact) mass is 324 g/mol. The first-order chi connectivity index (χ1) is 9.45. The molecule has 0 aliphatic rings. The summed E-state index contributed by atoms with van der Waals surface area (Å²) in [5.74, 6) is 0.546. The Labute approximate surface area is 125 Å². The van der Waals surface area contributed by atoms with Gasteiger partial charge in [-0.1, -0.05) is 17.7 Å². The van der Waals surface area contributed by atoms with Gasteiger partial charge in [0.1, 0.15) is 5.15 Å². The maximum Gasteiger partial charge on any atom is 0.175 e. The molecule has 1 aromatic carbocycles. The molecule has 0 fully saturated rings. The number of hydrogen-bond donors (Lipinski definition) is 0. The predicted octanol–water partition coefficient (Wildman–Crippen LogP) is 3.42. The summed E-state index contributed by atoms with van der Waals surface area (Å²) in [7, 11) is -3.28. The molecule has 3 aromatic rings. The lowest BCUT2D eigenvalue weighted by atomic mass is 10.2. The Hall–Kier alpha value is -1.50. The van der Waals surface area contributed by atoms with Crippen molar-refractivity contribution in [2.24, 2.45) is 0 Å². The van der Waals surface area contributed by atoms with Crippen LogP contribution in [0.15, 0.2) is 40.6 Å². The number of thiophene rings is 1. The topological polar surface area (TPSA) is 59.9 Å². The molecular formula is C13H9ClN2O2S2. The van der Waals surface area contributed by atoms with Crippen molar-refractivity contribution in [1.82, 2.24) is 9.97 Å². The highest BCUT2D eigenvalue weighted by atomic mass is 35.5. The van der Waals surface area contributed by atoms with Crippen molar-refractivity contribution >= 4 is 43.7 Å². The molecule has 0 spiro atoms. The van der Waals surface area contributed by atoms with Gasteiger partial charge in [-0.15, -0.1) is 11.3 Å². The second-order valence-corrected chi connectivity index (χ2v) is 7.59. The fourth-order valence-electron chi connectivity index (χ4n) is 1.82. The lowest BCUT2D eigenvalue weighted by Gasteiger charge is -2.05. The SMILES string of the molecule is CS(=O)(=O)c1ccc2nc(-c3cccs3)nc(Cl)c2c1. The van der Waals surface area contributed by atoms with Crippen LogP contribution in [0.4, 0.5) is 0 Å². The lowest BCUT2D eigenvalue weighted by Crippen LogP contribution is -1.98. The molecule has 2 aromatic heterocycles. The van der Waals surface area contributed by atoms with E-state index in [1.165, 1.54) is 23.5 Å². The minimum absolute atomic E-state index is 0.208. The normalized spacial score (nSPS) is 11.9. The molecule has 0 saturated carbocycles. The Balaban J connectivity index is 2.25. The van der Waals surface area contributed by atoms with Crippen LogP contribution in [0.3, 0.4) is 0 Å². The van der Waals surface area contributed by atoms with E-state index in [0.717, 1.165) is 11.1 Å². The maximum absolute atomic E-state index is 11.6. The molecule has 3 rings (SSSR count). The summed E-state index contributed by atoms with van der Waals surface area (Å²) in [4.78, 5) is 9.78. The van der Waals surface area contributed by atoms with Gasteiger partial charge in [-0.05, 0) is 29.6 Å². The standard InChI is InChI=1S/C13H9ClN2O2S2/c1-20(17,18)8-4-5-10-9(7-8)12(14)16-13(15-10)11-3-2-6-19-11/h2-7H,1H3. The first kappa shape index (κ1) is 13.5. The highest BCUT2D eigenvalue weighted by molar-refractivity contribution is 7.90. The Morgan fingerprint density at radius 1 is 1.20 bits per heavy atom. The highest BCUT2D eigenvalue weighted by Gasteiger charge is 2.13. The molecule has 0 amide bonds. The van der Waals surface area contributed by atoms with Gasteiger partial charge in [0.25, 0.3) is 0 Å². The third kappa shape index (κ3) is 2.42. The molecule has 0 radical (unpaired) electrons. The van der Waals surface area contributed by atoms with E-state index in [-0.39, 0.29) is 10.0 Å². The second kappa shape index (κ2) is 4.80. The van der Waals surface area contributed by atoms with Crippen molar-refractivity contribution in [1.29, 1.82) is 0 Å². The summed E-state index contributed by atoms with van der Waals surface area (Å²) in [5, 5.41) is 2.72. The van der Waals surface area contributed by atoms with Gasteiger partial charge < -0.3 is 0 Å². The van der Waals surface area contributed by atoms with Crippen LogP contribution in [0.25, 0.3) is 21.6 Å². The van der Waals surface area contributed by atoms with E-state index in [0.29, 0.717) is 16.7 Å². The van der Waals surface area contributed by atoms with Gasteiger partial charge in [-0.25, -0.2) is 18.4 Å². The second-order valence-electron chi connectivity index (χ2n) is 4.27. The summed E-state index contributed by atoms with van der Waals surface area (Å²) in [5.41, 5.74) is 0.626. The molecule has 102 valence electrons. The molecule has 0 unspecified atom stereocenters. The minimum atomic E-state index is -3.28. The van der Waals surface area contributed by atoms with Gasteiger partial charge in [-0.3, -0.25) is 0 Å². The molecule has 0 atom stereocenters. The maximum atomic E-state index is 11.6. The van der Waals surface area contributed by atoms with Crippen molar-refractivity contribution in [3.05, 3.63) is 40.9 Å². The number of aromatic nitrogens is 2. The molecule has 20 heavy (non-hydrogen) atoms. The van der Waals surface area contributed by atoms with Gasteiger partial charge in [0.15, 0.2) is 15.7 Å². The zero-order chi connectivity index (χ0) is 14.3. The van der Waals surface area contributed by atoms with Gasteiger partial charge in [0.2, 0.25) is 0 Å². The lowest BCUT2D eigenvalue weighted by molar-refractivity contribution is 0.602. The molecule has 0 bridgehead atoms. The van der Waals surface area contributed by atoms with Crippen molar-refractivity contribution in [2.45, 2.75) is 4.90 Å². The molecule has 2 heterocycles. The van der Waals surface area contributed by atoms with E-state index in [9.17, 15) is 8.42 Å². The van der Waals surface area contributed by atoms with E-state index in [2.05, 4.69) is 9.97 Å². The van der Waals surface area contributed by atoms with E-state index in [4.69, 9.17) is 11.6 Å². The number of nitrogens with zero attached hydrogens (tertiary/aromatic N) is 2. The molecule has 0 aliphatic heterocycles. The molecule has 7 heteroatoms. The summed E-state index contributed by atoms with van der Waals surface area (Å²) in [6.07, 6.45) is 1.16.